The van der Waals surface area contributed by atoms with Crippen LogP contribution in [-0.4, -0.2) is 28.0 Å². The molecule has 2 aromatic heterocycles. The van der Waals surface area contributed by atoms with E-state index in [-0.39, 0.29) is 16.9 Å². The maximum atomic E-state index is 12.7. The molecule has 0 atom stereocenters. The van der Waals surface area contributed by atoms with Crippen molar-refractivity contribution in [3.05, 3.63) is 34.6 Å². The first kappa shape index (κ1) is 16.0. The number of ether oxygens (including phenoxy) is 3. The van der Waals surface area contributed by atoms with E-state index in [4.69, 9.17) is 25.8 Å². The Morgan fingerprint density at radius 2 is 1.96 bits per heavy atom. The van der Waals surface area contributed by atoms with E-state index in [9.17, 15) is 13.2 Å². The summed E-state index contributed by atoms with van der Waals surface area (Å²) in [7, 11) is 1.33. The highest BCUT2D eigenvalue weighted by atomic mass is 35.5. The van der Waals surface area contributed by atoms with Crippen LogP contribution in [0, 0.1) is 0 Å². The van der Waals surface area contributed by atoms with Gasteiger partial charge < -0.3 is 14.2 Å². The van der Waals surface area contributed by atoms with E-state index < -0.39 is 18.2 Å². The molecule has 0 unspecified atom stereocenters. The van der Waals surface area contributed by atoms with Crippen LogP contribution >= 0.6 is 11.6 Å². The van der Waals surface area contributed by atoms with Crippen molar-refractivity contribution in [1.82, 2.24) is 14.8 Å². The Hall–Kier alpha value is -1.84. The van der Waals surface area contributed by atoms with Crippen LogP contribution in [0.25, 0.3) is 0 Å². The molecule has 2 aromatic rings. The molecule has 6 nitrogen and oxygen atoms in total. The highest BCUT2D eigenvalue weighted by molar-refractivity contribution is 6.29. The SMILES string of the molecule is Cn1nc(C(F)(F)F)cc1Oc1cc(C2OCCO2)cc(Cl)n1. The summed E-state index contributed by atoms with van der Waals surface area (Å²) in [5, 5.41) is 3.46. The van der Waals surface area contributed by atoms with Gasteiger partial charge in [0.05, 0.1) is 13.2 Å². The molecule has 124 valence electrons. The number of aryl methyl sites for hydroxylation is 1. The smallest absolute Gasteiger partial charge is 0.421 e. The summed E-state index contributed by atoms with van der Waals surface area (Å²) in [5.74, 6) is -0.102. The number of alkyl halides is 3. The number of hydrogen-bond donors (Lipinski definition) is 0. The Morgan fingerprint density at radius 1 is 1.26 bits per heavy atom. The Bertz CT molecular complexity index is 714. The van der Waals surface area contributed by atoms with Crippen LogP contribution in [0.1, 0.15) is 17.5 Å². The first-order chi connectivity index (χ1) is 10.8. The third-order valence-electron chi connectivity index (χ3n) is 3.02. The minimum absolute atomic E-state index is 0.0170. The molecule has 0 bridgehead atoms. The van der Waals surface area contributed by atoms with E-state index in [1.807, 2.05) is 0 Å². The summed E-state index contributed by atoms with van der Waals surface area (Å²) in [6.45, 7) is 0.884. The molecule has 3 rings (SSSR count). The predicted octanol–water partition coefficient (Wildman–Crippen LogP) is 3.33. The van der Waals surface area contributed by atoms with Gasteiger partial charge in [0, 0.05) is 24.7 Å². The summed E-state index contributed by atoms with van der Waals surface area (Å²) in [6, 6.07) is 3.81. The molecular formula is C13H11ClF3N3O3. The van der Waals surface area contributed by atoms with Gasteiger partial charge in [0.2, 0.25) is 11.8 Å². The minimum atomic E-state index is -4.56. The fraction of sp³-hybridized carbons (Fsp3) is 0.385. The van der Waals surface area contributed by atoms with Crippen LogP contribution in [0.4, 0.5) is 13.2 Å². The fourth-order valence-electron chi connectivity index (χ4n) is 2.02. The molecule has 23 heavy (non-hydrogen) atoms. The third-order valence-corrected chi connectivity index (χ3v) is 3.22. The summed E-state index contributed by atoms with van der Waals surface area (Å²) in [4.78, 5) is 3.92. The summed E-state index contributed by atoms with van der Waals surface area (Å²) >= 11 is 5.91. The first-order valence-corrected chi connectivity index (χ1v) is 6.90. The lowest BCUT2D eigenvalue weighted by atomic mass is 10.2. The second-order valence-electron chi connectivity index (χ2n) is 4.73. The molecule has 0 radical (unpaired) electrons. The normalized spacial score (nSPS) is 16.0. The van der Waals surface area contributed by atoms with Gasteiger partial charge in [0.25, 0.3) is 0 Å². The molecule has 0 aromatic carbocycles. The van der Waals surface area contributed by atoms with Gasteiger partial charge in [-0.25, -0.2) is 9.67 Å². The lowest BCUT2D eigenvalue weighted by Gasteiger charge is -2.11. The van der Waals surface area contributed by atoms with E-state index in [1.165, 1.54) is 19.2 Å². The molecule has 0 saturated carbocycles. The molecule has 1 fully saturated rings. The van der Waals surface area contributed by atoms with Crippen molar-refractivity contribution in [1.29, 1.82) is 0 Å². The van der Waals surface area contributed by atoms with Crippen LogP contribution in [0.2, 0.25) is 5.15 Å². The van der Waals surface area contributed by atoms with E-state index in [2.05, 4.69) is 10.1 Å². The molecule has 1 saturated heterocycles. The van der Waals surface area contributed by atoms with E-state index in [0.29, 0.717) is 18.8 Å². The monoisotopic (exact) mass is 349 g/mol. The Balaban J connectivity index is 1.86. The average molecular weight is 350 g/mol. The molecule has 1 aliphatic rings. The van der Waals surface area contributed by atoms with Crippen molar-refractivity contribution < 1.29 is 27.4 Å². The van der Waals surface area contributed by atoms with Crippen molar-refractivity contribution in [3.8, 4) is 11.8 Å². The van der Waals surface area contributed by atoms with Gasteiger partial charge in [-0.15, -0.1) is 0 Å². The van der Waals surface area contributed by atoms with Crippen molar-refractivity contribution in [2.24, 2.45) is 7.05 Å². The Morgan fingerprint density at radius 3 is 2.57 bits per heavy atom. The van der Waals surface area contributed by atoms with Crippen LogP contribution in [0.15, 0.2) is 18.2 Å². The second-order valence-corrected chi connectivity index (χ2v) is 5.11. The average Bonchev–Trinajstić information content (AvgIpc) is 3.08. The van der Waals surface area contributed by atoms with Crippen LogP contribution in [0.5, 0.6) is 11.8 Å². The van der Waals surface area contributed by atoms with Gasteiger partial charge in [0.1, 0.15) is 5.15 Å². The number of pyridine rings is 1. The van der Waals surface area contributed by atoms with Gasteiger partial charge in [-0.05, 0) is 6.07 Å². The highest BCUT2D eigenvalue weighted by Gasteiger charge is 2.35. The van der Waals surface area contributed by atoms with Gasteiger partial charge in [-0.3, -0.25) is 0 Å². The molecule has 0 spiro atoms. The molecule has 0 aliphatic carbocycles. The lowest BCUT2D eigenvalue weighted by Crippen LogP contribution is -2.06. The van der Waals surface area contributed by atoms with Crippen molar-refractivity contribution in [2.45, 2.75) is 12.5 Å². The van der Waals surface area contributed by atoms with Gasteiger partial charge in [-0.1, -0.05) is 11.6 Å². The van der Waals surface area contributed by atoms with E-state index in [1.54, 1.807) is 0 Å². The van der Waals surface area contributed by atoms with Gasteiger partial charge in [-0.2, -0.15) is 18.3 Å². The molecule has 0 amide bonds. The molecule has 10 heteroatoms. The third kappa shape index (κ3) is 3.57. The summed E-state index contributed by atoms with van der Waals surface area (Å²) in [6.07, 6.45) is -5.16. The summed E-state index contributed by atoms with van der Waals surface area (Å²) < 4.78 is 55.0. The zero-order chi connectivity index (χ0) is 16.6. The molecule has 1 aliphatic heterocycles. The molecule has 3 heterocycles. The number of halogens is 4. The minimum Gasteiger partial charge on any atom is -0.421 e. The topological polar surface area (TPSA) is 58.4 Å². The molecular weight excluding hydrogens is 339 g/mol. The first-order valence-electron chi connectivity index (χ1n) is 6.53. The zero-order valence-corrected chi connectivity index (χ0v) is 12.6. The second kappa shape index (κ2) is 5.99. The quantitative estimate of drug-likeness (QED) is 0.796. The van der Waals surface area contributed by atoms with Crippen molar-refractivity contribution in [2.75, 3.05) is 13.2 Å². The van der Waals surface area contributed by atoms with Crippen molar-refractivity contribution >= 4 is 11.6 Å². The van der Waals surface area contributed by atoms with Gasteiger partial charge in [0.15, 0.2) is 12.0 Å². The highest BCUT2D eigenvalue weighted by Crippen LogP contribution is 2.33. The predicted molar refractivity (Wildman–Crippen MR) is 72.2 cm³/mol. The lowest BCUT2D eigenvalue weighted by molar-refractivity contribution is -0.141. The Labute approximate surface area is 133 Å². The molecule has 0 N–H and O–H groups in total. The zero-order valence-electron chi connectivity index (χ0n) is 11.8. The van der Waals surface area contributed by atoms with E-state index >= 15 is 0 Å². The largest absolute Gasteiger partial charge is 0.435 e. The standard InChI is InChI=1S/C13H11ClF3N3O3/c1-20-11(6-8(19-20)13(15,16)17)23-10-5-7(4-9(14)18-10)12-21-2-3-22-12/h4-6,12H,2-3H2,1H3. The van der Waals surface area contributed by atoms with Gasteiger partial charge >= 0.3 is 6.18 Å². The fourth-order valence-corrected chi connectivity index (χ4v) is 2.23. The van der Waals surface area contributed by atoms with Crippen LogP contribution < -0.4 is 4.74 Å². The maximum absolute atomic E-state index is 12.7. The number of aromatic nitrogens is 3. The number of hydrogen-bond acceptors (Lipinski definition) is 5. The van der Waals surface area contributed by atoms with Crippen LogP contribution in [-0.2, 0) is 22.7 Å². The number of rotatable bonds is 3. The van der Waals surface area contributed by atoms with E-state index in [0.717, 1.165) is 10.7 Å². The summed E-state index contributed by atoms with van der Waals surface area (Å²) in [5.41, 5.74) is -0.490. The number of nitrogens with zero attached hydrogens (tertiary/aromatic N) is 3. The van der Waals surface area contributed by atoms with Crippen LogP contribution in [0.3, 0.4) is 0 Å². The maximum Gasteiger partial charge on any atom is 0.435 e. The van der Waals surface area contributed by atoms with Crippen molar-refractivity contribution in [3.63, 3.8) is 0 Å². The Kier molecular flexibility index (Phi) is 4.17.